The summed E-state index contributed by atoms with van der Waals surface area (Å²) in [6, 6.07) is 0. The molecular formula is C12H29N3. The molecule has 0 aliphatic rings. The first-order valence-corrected chi connectivity index (χ1v) is 6.11. The predicted molar refractivity (Wildman–Crippen MR) is 68.4 cm³/mol. The third-order valence-corrected chi connectivity index (χ3v) is 2.53. The van der Waals surface area contributed by atoms with Crippen molar-refractivity contribution < 1.29 is 0 Å². The number of hydrogen-bond donors (Lipinski definition) is 1. The van der Waals surface area contributed by atoms with Crippen LogP contribution in [-0.4, -0.2) is 63.7 Å². The first-order valence-electron chi connectivity index (χ1n) is 6.11. The van der Waals surface area contributed by atoms with Crippen LogP contribution in [0.5, 0.6) is 0 Å². The normalized spacial score (nSPS) is 13.8. The predicted octanol–water partition coefficient (Wildman–Crippen LogP) is 1.12. The van der Waals surface area contributed by atoms with E-state index in [-0.39, 0.29) is 0 Å². The zero-order chi connectivity index (χ0) is 11.7. The highest BCUT2D eigenvalue weighted by molar-refractivity contribution is 4.65. The van der Waals surface area contributed by atoms with Crippen molar-refractivity contribution in [1.29, 1.82) is 0 Å². The number of hydrogen-bond acceptors (Lipinski definition) is 3. The molecule has 0 aromatic rings. The van der Waals surface area contributed by atoms with Crippen LogP contribution in [0.3, 0.4) is 0 Å². The molecular weight excluding hydrogens is 186 g/mol. The lowest BCUT2D eigenvalue weighted by Gasteiger charge is -2.26. The smallest absolute Gasteiger partial charge is 0.0109 e. The molecule has 92 valence electrons. The van der Waals surface area contributed by atoms with Gasteiger partial charge in [0, 0.05) is 19.6 Å². The Morgan fingerprint density at radius 3 is 2.27 bits per heavy atom. The molecule has 1 atom stereocenters. The van der Waals surface area contributed by atoms with E-state index < -0.39 is 0 Å². The highest BCUT2D eigenvalue weighted by atomic mass is 15.2. The molecule has 0 spiro atoms. The Bertz CT molecular complexity index is 137. The van der Waals surface area contributed by atoms with Crippen molar-refractivity contribution in [2.75, 3.05) is 53.9 Å². The Kier molecular flexibility index (Phi) is 9.06. The van der Waals surface area contributed by atoms with Crippen molar-refractivity contribution >= 4 is 0 Å². The fourth-order valence-electron chi connectivity index (χ4n) is 1.81. The second kappa shape index (κ2) is 9.13. The molecule has 3 nitrogen and oxygen atoms in total. The zero-order valence-corrected chi connectivity index (χ0v) is 11.2. The topological polar surface area (TPSA) is 18.5 Å². The van der Waals surface area contributed by atoms with Gasteiger partial charge in [-0.25, -0.2) is 0 Å². The van der Waals surface area contributed by atoms with E-state index in [0.29, 0.717) is 0 Å². The quantitative estimate of drug-likeness (QED) is 0.622. The Morgan fingerprint density at radius 1 is 1.13 bits per heavy atom. The van der Waals surface area contributed by atoms with E-state index in [1.165, 1.54) is 26.1 Å². The van der Waals surface area contributed by atoms with E-state index in [9.17, 15) is 0 Å². The van der Waals surface area contributed by atoms with Gasteiger partial charge in [-0.15, -0.1) is 0 Å². The van der Waals surface area contributed by atoms with Gasteiger partial charge >= 0.3 is 0 Å². The minimum atomic E-state index is 0.740. The number of rotatable bonds is 9. The molecule has 0 amide bonds. The molecule has 15 heavy (non-hydrogen) atoms. The van der Waals surface area contributed by atoms with Crippen LogP contribution in [0.25, 0.3) is 0 Å². The van der Waals surface area contributed by atoms with Crippen LogP contribution < -0.4 is 5.32 Å². The van der Waals surface area contributed by atoms with Gasteiger partial charge in [0.05, 0.1) is 0 Å². The molecule has 0 heterocycles. The van der Waals surface area contributed by atoms with E-state index in [0.717, 1.165) is 19.0 Å². The van der Waals surface area contributed by atoms with E-state index in [4.69, 9.17) is 0 Å². The van der Waals surface area contributed by atoms with E-state index in [1.54, 1.807) is 0 Å². The van der Waals surface area contributed by atoms with Crippen molar-refractivity contribution in [1.82, 2.24) is 15.1 Å². The third-order valence-electron chi connectivity index (χ3n) is 2.53. The molecule has 0 aromatic carbocycles. The van der Waals surface area contributed by atoms with Crippen LogP contribution in [0.15, 0.2) is 0 Å². The maximum atomic E-state index is 3.24. The Hall–Kier alpha value is -0.120. The van der Waals surface area contributed by atoms with Crippen LogP contribution in [0.4, 0.5) is 0 Å². The molecule has 0 radical (unpaired) electrons. The molecule has 0 fully saturated rings. The fraction of sp³-hybridized carbons (Fsp3) is 1.00. The largest absolute Gasteiger partial charge is 0.319 e. The molecule has 0 saturated heterocycles. The molecule has 0 bridgehead atoms. The summed E-state index contributed by atoms with van der Waals surface area (Å²) in [5.74, 6) is 0.740. The van der Waals surface area contributed by atoms with Gasteiger partial charge in [-0.05, 0) is 46.6 Å². The van der Waals surface area contributed by atoms with Crippen LogP contribution in [0.1, 0.15) is 20.3 Å². The van der Waals surface area contributed by atoms with Gasteiger partial charge in [0.15, 0.2) is 0 Å². The summed E-state index contributed by atoms with van der Waals surface area (Å²) in [5, 5.41) is 3.24. The highest BCUT2D eigenvalue weighted by Crippen LogP contribution is 2.00. The maximum absolute atomic E-state index is 3.24. The summed E-state index contributed by atoms with van der Waals surface area (Å²) in [5.41, 5.74) is 0. The van der Waals surface area contributed by atoms with Gasteiger partial charge < -0.3 is 15.1 Å². The Labute approximate surface area is 95.8 Å². The SMILES string of the molecule is CCCN(CCN(C)C)CC(C)CNC. The number of nitrogens with one attached hydrogen (secondary N) is 1. The molecule has 0 saturated carbocycles. The lowest BCUT2D eigenvalue weighted by molar-refractivity contribution is 0.213. The van der Waals surface area contributed by atoms with Crippen molar-refractivity contribution in [2.24, 2.45) is 5.92 Å². The van der Waals surface area contributed by atoms with Crippen LogP contribution in [0, 0.1) is 5.92 Å². The van der Waals surface area contributed by atoms with E-state index >= 15 is 0 Å². The van der Waals surface area contributed by atoms with Gasteiger partial charge in [-0.2, -0.15) is 0 Å². The molecule has 1 N–H and O–H groups in total. The fourth-order valence-corrected chi connectivity index (χ4v) is 1.81. The van der Waals surface area contributed by atoms with Crippen molar-refractivity contribution in [3.8, 4) is 0 Å². The van der Waals surface area contributed by atoms with Gasteiger partial charge in [-0.3, -0.25) is 0 Å². The van der Waals surface area contributed by atoms with Gasteiger partial charge in [-0.1, -0.05) is 13.8 Å². The van der Waals surface area contributed by atoms with Crippen LogP contribution in [0.2, 0.25) is 0 Å². The van der Waals surface area contributed by atoms with Crippen LogP contribution >= 0.6 is 0 Å². The first kappa shape index (κ1) is 14.9. The molecule has 1 unspecified atom stereocenters. The van der Waals surface area contributed by atoms with Crippen LogP contribution in [-0.2, 0) is 0 Å². The molecule has 0 aliphatic heterocycles. The Morgan fingerprint density at radius 2 is 1.80 bits per heavy atom. The lowest BCUT2D eigenvalue weighted by atomic mass is 10.1. The van der Waals surface area contributed by atoms with Crippen molar-refractivity contribution in [3.63, 3.8) is 0 Å². The lowest BCUT2D eigenvalue weighted by Crippen LogP contribution is -2.37. The summed E-state index contributed by atoms with van der Waals surface area (Å²) in [4.78, 5) is 4.83. The summed E-state index contributed by atoms with van der Waals surface area (Å²) < 4.78 is 0. The minimum Gasteiger partial charge on any atom is -0.319 e. The highest BCUT2D eigenvalue weighted by Gasteiger charge is 2.08. The standard InChI is InChI=1S/C12H29N3/c1-6-7-15(9-8-14(4)5)11-12(2)10-13-3/h12-13H,6-11H2,1-5H3. The maximum Gasteiger partial charge on any atom is 0.0109 e. The molecule has 3 heteroatoms. The molecule has 0 aromatic heterocycles. The second-order valence-corrected chi connectivity index (χ2v) is 4.77. The third kappa shape index (κ3) is 8.85. The van der Waals surface area contributed by atoms with E-state index in [2.05, 4.69) is 43.1 Å². The summed E-state index contributed by atoms with van der Waals surface area (Å²) >= 11 is 0. The average Bonchev–Trinajstić information content (AvgIpc) is 2.15. The van der Waals surface area contributed by atoms with Gasteiger partial charge in [0.1, 0.15) is 0 Å². The summed E-state index contributed by atoms with van der Waals surface area (Å²) in [6.07, 6.45) is 1.25. The van der Waals surface area contributed by atoms with Gasteiger partial charge in [0.2, 0.25) is 0 Å². The monoisotopic (exact) mass is 215 g/mol. The average molecular weight is 215 g/mol. The van der Waals surface area contributed by atoms with E-state index in [1.807, 2.05) is 7.05 Å². The zero-order valence-electron chi connectivity index (χ0n) is 11.2. The summed E-state index contributed by atoms with van der Waals surface area (Å²) in [6.45, 7) is 10.5. The van der Waals surface area contributed by atoms with Crippen molar-refractivity contribution in [2.45, 2.75) is 20.3 Å². The first-order chi connectivity index (χ1) is 7.10. The van der Waals surface area contributed by atoms with Gasteiger partial charge in [0.25, 0.3) is 0 Å². The summed E-state index contributed by atoms with van der Waals surface area (Å²) in [7, 11) is 6.31. The number of likely N-dealkylation sites (N-methyl/N-ethyl adjacent to an activating group) is 1. The molecule has 0 rings (SSSR count). The van der Waals surface area contributed by atoms with Crippen molar-refractivity contribution in [3.05, 3.63) is 0 Å². The minimum absolute atomic E-state index is 0.740. The molecule has 0 aliphatic carbocycles. The number of nitrogens with zero attached hydrogens (tertiary/aromatic N) is 2. The second-order valence-electron chi connectivity index (χ2n) is 4.77. The Balaban J connectivity index is 3.80.